The first-order valence-corrected chi connectivity index (χ1v) is 6.09. The quantitative estimate of drug-likeness (QED) is 0.709. The van der Waals surface area contributed by atoms with Gasteiger partial charge in [-0.05, 0) is 12.1 Å². The van der Waals surface area contributed by atoms with E-state index in [9.17, 15) is 8.42 Å². The van der Waals surface area contributed by atoms with Crippen LogP contribution in [0.2, 0.25) is 0 Å². The van der Waals surface area contributed by atoms with E-state index < -0.39 is 16.2 Å². The van der Waals surface area contributed by atoms with Crippen LogP contribution in [-0.2, 0) is 10.0 Å². The number of anilines is 1. The van der Waals surface area contributed by atoms with Crippen molar-refractivity contribution >= 4 is 27.3 Å². The molecule has 0 unspecified atom stereocenters. The van der Waals surface area contributed by atoms with Crippen LogP contribution in [0.4, 0.5) is 5.69 Å². The lowest BCUT2D eigenvalue weighted by Gasteiger charge is -2.26. The molecule has 0 fully saturated rings. The summed E-state index contributed by atoms with van der Waals surface area (Å²) in [6.45, 7) is 0. The number of para-hydroxylation sites is 1. The fraction of sp³-hybridized carbons (Fsp3) is 0.250. The number of benzene rings is 1. The second-order valence-electron chi connectivity index (χ2n) is 2.97. The van der Waals surface area contributed by atoms with Crippen LogP contribution in [0, 0.1) is 0 Å². The van der Waals surface area contributed by atoms with Crippen molar-refractivity contribution in [1.82, 2.24) is 4.72 Å². The van der Waals surface area contributed by atoms with Crippen LogP contribution in [0.25, 0.3) is 0 Å². The third-order valence-corrected chi connectivity index (χ3v) is 3.80. The Morgan fingerprint density at radius 3 is 2.79 bits per heavy atom. The van der Waals surface area contributed by atoms with Crippen LogP contribution in [0.3, 0.4) is 0 Å². The van der Waals surface area contributed by atoms with Crippen molar-refractivity contribution in [3.05, 3.63) is 24.3 Å². The van der Waals surface area contributed by atoms with Crippen molar-refractivity contribution < 1.29 is 8.42 Å². The minimum absolute atomic E-state index is 0.188. The van der Waals surface area contributed by atoms with Crippen LogP contribution in [-0.4, -0.2) is 20.5 Å². The summed E-state index contributed by atoms with van der Waals surface area (Å²) in [5, 5.41) is 2.98. The second-order valence-corrected chi connectivity index (χ2v) is 4.96. The minimum atomic E-state index is -3.40. The number of sulfonamides is 1. The van der Waals surface area contributed by atoms with Crippen LogP contribution in [0.5, 0.6) is 0 Å². The fourth-order valence-electron chi connectivity index (χ4n) is 1.36. The highest BCUT2D eigenvalue weighted by Crippen LogP contribution is 2.25. The van der Waals surface area contributed by atoms with Gasteiger partial charge in [-0.25, -0.2) is 8.42 Å². The van der Waals surface area contributed by atoms with Crippen LogP contribution >= 0.6 is 11.6 Å². The van der Waals surface area contributed by atoms with E-state index in [1.165, 1.54) is 0 Å². The van der Waals surface area contributed by atoms with Gasteiger partial charge in [0, 0.05) is 0 Å². The second kappa shape index (κ2) is 3.42. The normalized spacial score (nSPS) is 23.6. The average Bonchev–Trinajstić information content (AvgIpc) is 2.17. The number of hydrogen-bond acceptors (Lipinski definition) is 3. The third-order valence-electron chi connectivity index (χ3n) is 1.96. The van der Waals surface area contributed by atoms with Crippen molar-refractivity contribution in [3.63, 3.8) is 0 Å². The van der Waals surface area contributed by atoms with Crippen molar-refractivity contribution in [3.8, 4) is 0 Å². The molecule has 0 bridgehead atoms. The molecule has 4 nitrogen and oxygen atoms in total. The number of rotatable bonds is 1. The number of nitrogens with one attached hydrogen (secondary N) is 2. The average molecular weight is 233 g/mol. The number of fused-ring (bicyclic) bond motifs is 1. The van der Waals surface area contributed by atoms with Gasteiger partial charge in [-0.1, -0.05) is 12.1 Å². The van der Waals surface area contributed by atoms with Gasteiger partial charge in [0.05, 0.1) is 11.6 Å². The van der Waals surface area contributed by atoms with Crippen molar-refractivity contribution in [2.24, 2.45) is 0 Å². The van der Waals surface area contributed by atoms with Gasteiger partial charge in [-0.3, -0.25) is 0 Å². The molecule has 0 spiro atoms. The Kier molecular flexibility index (Phi) is 2.38. The van der Waals surface area contributed by atoms with Gasteiger partial charge in [0.1, 0.15) is 11.1 Å². The monoisotopic (exact) mass is 232 g/mol. The Hall–Kier alpha value is -0.780. The van der Waals surface area contributed by atoms with Crippen molar-refractivity contribution in [2.75, 3.05) is 11.2 Å². The molecule has 0 radical (unpaired) electrons. The molecule has 0 aliphatic carbocycles. The molecule has 0 amide bonds. The maximum atomic E-state index is 11.6. The van der Waals surface area contributed by atoms with Crippen molar-refractivity contribution in [1.29, 1.82) is 0 Å². The lowest BCUT2D eigenvalue weighted by atomic mass is 10.3. The zero-order valence-corrected chi connectivity index (χ0v) is 8.77. The van der Waals surface area contributed by atoms with Crippen LogP contribution < -0.4 is 10.0 Å². The number of halogens is 1. The molecule has 0 saturated carbocycles. The van der Waals surface area contributed by atoms with E-state index in [0.29, 0.717) is 5.69 Å². The molecule has 14 heavy (non-hydrogen) atoms. The van der Waals surface area contributed by atoms with Gasteiger partial charge < -0.3 is 5.32 Å². The molecule has 1 aromatic carbocycles. The van der Waals surface area contributed by atoms with Gasteiger partial charge in [0.2, 0.25) is 10.0 Å². The highest BCUT2D eigenvalue weighted by molar-refractivity contribution is 7.89. The lowest BCUT2D eigenvalue weighted by molar-refractivity contribution is 0.566. The van der Waals surface area contributed by atoms with Gasteiger partial charge in [0.25, 0.3) is 0 Å². The predicted octanol–water partition coefficient (Wildman–Crippen LogP) is 0.955. The zero-order valence-electron chi connectivity index (χ0n) is 7.20. The Labute approximate surface area is 87.3 Å². The maximum Gasteiger partial charge on any atom is 0.244 e. The van der Waals surface area contributed by atoms with E-state index in [2.05, 4.69) is 10.0 Å². The highest BCUT2D eigenvalue weighted by atomic mass is 35.5. The van der Waals surface area contributed by atoms with Crippen LogP contribution in [0.15, 0.2) is 29.2 Å². The van der Waals surface area contributed by atoms with E-state index in [1.807, 2.05) is 0 Å². The summed E-state index contributed by atoms with van der Waals surface area (Å²) in [7, 11) is -3.40. The molecular formula is C8H9ClN2O2S. The molecule has 76 valence electrons. The molecule has 1 aliphatic rings. The molecule has 6 heteroatoms. The summed E-state index contributed by atoms with van der Waals surface area (Å²) in [6, 6.07) is 6.72. The standard InChI is InChI=1S/C8H9ClN2O2S/c9-5-8-10-6-3-1-2-4-7(6)14(12,13)11-8/h1-4,8,10-11H,5H2/t8-/m1/s1. The Morgan fingerprint density at radius 1 is 1.36 bits per heavy atom. The fourth-order valence-corrected chi connectivity index (χ4v) is 2.92. The predicted molar refractivity (Wildman–Crippen MR) is 54.9 cm³/mol. The van der Waals surface area contributed by atoms with Gasteiger partial charge in [-0.15, -0.1) is 11.6 Å². The number of alkyl halides is 1. The van der Waals surface area contributed by atoms with E-state index in [-0.39, 0.29) is 10.8 Å². The van der Waals surface area contributed by atoms with Crippen molar-refractivity contribution in [2.45, 2.75) is 11.1 Å². The molecule has 2 rings (SSSR count). The number of hydrogen-bond donors (Lipinski definition) is 2. The van der Waals surface area contributed by atoms with E-state index in [4.69, 9.17) is 11.6 Å². The van der Waals surface area contributed by atoms with Gasteiger partial charge >= 0.3 is 0 Å². The lowest BCUT2D eigenvalue weighted by Crippen LogP contribution is -2.45. The van der Waals surface area contributed by atoms with Gasteiger partial charge in [0.15, 0.2) is 0 Å². The smallest absolute Gasteiger partial charge is 0.244 e. The van der Waals surface area contributed by atoms with E-state index >= 15 is 0 Å². The molecule has 1 aliphatic heterocycles. The SMILES string of the molecule is O=S1(=O)N[C@H](CCl)Nc2ccccc21. The molecule has 0 saturated heterocycles. The summed E-state index contributed by atoms with van der Waals surface area (Å²) in [6.07, 6.45) is -0.434. The summed E-state index contributed by atoms with van der Waals surface area (Å²) in [5.41, 5.74) is 0.594. The molecular weight excluding hydrogens is 224 g/mol. The summed E-state index contributed by atoms with van der Waals surface area (Å²) < 4.78 is 25.7. The molecule has 1 aromatic rings. The Balaban J connectivity index is 2.53. The molecule has 1 atom stereocenters. The van der Waals surface area contributed by atoms with Crippen LogP contribution in [0.1, 0.15) is 0 Å². The molecule has 1 heterocycles. The Morgan fingerprint density at radius 2 is 2.07 bits per heavy atom. The van der Waals surface area contributed by atoms with E-state index in [1.54, 1.807) is 24.3 Å². The van der Waals surface area contributed by atoms with Gasteiger partial charge in [-0.2, -0.15) is 4.72 Å². The first kappa shape index (κ1) is 9.76. The molecule has 0 aromatic heterocycles. The summed E-state index contributed by atoms with van der Waals surface area (Å²) in [5.74, 6) is 0.188. The summed E-state index contributed by atoms with van der Waals surface area (Å²) in [4.78, 5) is 0.265. The topological polar surface area (TPSA) is 58.2 Å². The minimum Gasteiger partial charge on any atom is -0.367 e. The summed E-state index contributed by atoms with van der Waals surface area (Å²) >= 11 is 5.58. The van der Waals surface area contributed by atoms with E-state index in [0.717, 1.165) is 0 Å². The molecule has 2 N–H and O–H groups in total. The Bertz CT molecular complexity index is 446. The maximum absolute atomic E-state index is 11.6. The first-order chi connectivity index (χ1) is 6.63. The first-order valence-electron chi connectivity index (χ1n) is 4.07. The third kappa shape index (κ3) is 1.58. The highest BCUT2D eigenvalue weighted by Gasteiger charge is 2.27. The zero-order chi connectivity index (χ0) is 10.2. The largest absolute Gasteiger partial charge is 0.367 e.